The van der Waals surface area contributed by atoms with Crippen LogP contribution in [-0.2, 0) is 9.84 Å². The van der Waals surface area contributed by atoms with E-state index in [1.807, 2.05) is 18.2 Å². The monoisotopic (exact) mass is 312 g/mol. The number of benzene rings is 1. The van der Waals surface area contributed by atoms with Gasteiger partial charge in [-0.15, -0.1) is 0 Å². The van der Waals surface area contributed by atoms with Gasteiger partial charge in [0.2, 0.25) is 0 Å². The molecule has 0 amide bonds. The van der Waals surface area contributed by atoms with Crippen LogP contribution in [-0.4, -0.2) is 53.2 Å². The quantitative estimate of drug-likeness (QED) is 0.802. The van der Waals surface area contributed by atoms with E-state index < -0.39 is 9.84 Å². The maximum absolute atomic E-state index is 11.1. The first-order valence-electron chi connectivity index (χ1n) is 7.41. The van der Waals surface area contributed by atoms with E-state index in [-0.39, 0.29) is 5.75 Å². The van der Waals surface area contributed by atoms with Crippen molar-refractivity contribution in [2.45, 2.75) is 12.8 Å². The third kappa shape index (κ3) is 5.55. The summed E-state index contributed by atoms with van der Waals surface area (Å²) >= 11 is 0. The second-order valence-corrected chi connectivity index (χ2v) is 7.65. The SMILES string of the molecule is CS(=O)(=O)CCCOc1ccccc1N1CCCNCC1. The Morgan fingerprint density at radius 1 is 1.24 bits per heavy atom. The number of para-hydroxylation sites is 2. The number of rotatable bonds is 6. The zero-order chi connectivity index (χ0) is 15.1. The van der Waals surface area contributed by atoms with Crippen LogP contribution in [0.5, 0.6) is 5.75 Å². The second-order valence-electron chi connectivity index (χ2n) is 5.39. The molecule has 6 heteroatoms. The van der Waals surface area contributed by atoms with Crippen LogP contribution in [0.25, 0.3) is 0 Å². The number of ether oxygens (including phenoxy) is 1. The lowest BCUT2D eigenvalue weighted by molar-refractivity contribution is 0.318. The van der Waals surface area contributed by atoms with E-state index in [0.717, 1.165) is 44.0 Å². The first-order valence-corrected chi connectivity index (χ1v) is 9.47. The van der Waals surface area contributed by atoms with Gasteiger partial charge in [0, 0.05) is 25.9 Å². The Balaban J connectivity index is 1.96. The van der Waals surface area contributed by atoms with E-state index >= 15 is 0 Å². The summed E-state index contributed by atoms with van der Waals surface area (Å²) < 4.78 is 28.0. The predicted octanol–water partition coefficient (Wildman–Crippen LogP) is 1.30. The van der Waals surface area contributed by atoms with Crippen molar-refractivity contribution in [1.82, 2.24) is 5.32 Å². The van der Waals surface area contributed by atoms with Gasteiger partial charge in [-0.3, -0.25) is 0 Å². The minimum atomic E-state index is -2.91. The van der Waals surface area contributed by atoms with Crippen molar-refractivity contribution >= 4 is 15.5 Å². The van der Waals surface area contributed by atoms with Gasteiger partial charge in [-0.05, 0) is 31.5 Å². The minimum Gasteiger partial charge on any atom is -0.491 e. The zero-order valence-corrected chi connectivity index (χ0v) is 13.4. The Morgan fingerprint density at radius 2 is 2.05 bits per heavy atom. The second kappa shape index (κ2) is 7.66. The molecule has 2 rings (SSSR count). The van der Waals surface area contributed by atoms with Gasteiger partial charge in [0.05, 0.1) is 18.0 Å². The van der Waals surface area contributed by atoms with Crippen molar-refractivity contribution in [3.8, 4) is 5.75 Å². The normalized spacial score (nSPS) is 16.5. The molecule has 1 heterocycles. The number of nitrogens with one attached hydrogen (secondary N) is 1. The van der Waals surface area contributed by atoms with Crippen LogP contribution in [0.15, 0.2) is 24.3 Å². The third-order valence-corrected chi connectivity index (χ3v) is 4.49. The molecular formula is C15H24N2O3S. The van der Waals surface area contributed by atoms with Crippen LogP contribution in [0.2, 0.25) is 0 Å². The van der Waals surface area contributed by atoms with Crippen LogP contribution in [0.3, 0.4) is 0 Å². The van der Waals surface area contributed by atoms with E-state index in [0.29, 0.717) is 13.0 Å². The zero-order valence-electron chi connectivity index (χ0n) is 12.5. The highest BCUT2D eigenvalue weighted by Gasteiger charge is 2.13. The molecule has 1 aromatic rings. The Morgan fingerprint density at radius 3 is 2.86 bits per heavy atom. The number of anilines is 1. The van der Waals surface area contributed by atoms with Crippen molar-refractivity contribution in [1.29, 1.82) is 0 Å². The summed E-state index contributed by atoms with van der Waals surface area (Å²) in [4.78, 5) is 2.33. The van der Waals surface area contributed by atoms with Crippen molar-refractivity contribution in [3.05, 3.63) is 24.3 Å². The molecule has 0 aliphatic carbocycles. The van der Waals surface area contributed by atoms with Gasteiger partial charge in [0.25, 0.3) is 0 Å². The highest BCUT2D eigenvalue weighted by molar-refractivity contribution is 7.90. The van der Waals surface area contributed by atoms with Crippen molar-refractivity contribution in [2.75, 3.05) is 49.7 Å². The summed E-state index contributed by atoms with van der Waals surface area (Å²) in [5.74, 6) is 1.01. The highest BCUT2D eigenvalue weighted by atomic mass is 32.2. The molecule has 0 radical (unpaired) electrons. The molecule has 0 bridgehead atoms. The molecule has 1 aliphatic rings. The molecule has 1 aliphatic heterocycles. The minimum absolute atomic E-state index is 0.169. The fourth-order valence-corrected chi connectivity index (χ4v) is 3.07. The molecule has 0 unspecified atom stereocenters. The maximum atomic E-state index is 11.1. The van der Waals surface area contributed by atoms with Gasteiger partial charge in [-0.1, -0.05) is 12.1 Å². The average molecular weight is 312 g/mol. The molecule has 5 nitrogen and oxygen atoms in total. The van der Waals surface area contributed by atoms with Crippen LogP contribution >= 0.6 is 0 Å². The van der Waals surface area contributed by atoms with Gasteiger partial charge in [-0.2, -0.15) is 0 Å². The van der Waals surface area contributed by atoms with Crippen LogP contribution in [0.4, 0.5) is 5.69 Å². The molecule has 0 atom stereocenters. The molecule has 21 heavy (non-hydrogen) atoms. The Kier molecular flexibility index (Phi) is 5.87. The van der Waals surface area contributed by atoms with E-state index in [2.05, 4.69) is 16.3 Å². The lowest BCUT2D eigenvalue weighted by Gasteiger charge is -2.24. The molecule has 1 saturated heterocycles. The van der Waals surface area contributed by atoms with E-state index in [4.69, 9.17) is 4.74 Å². The lowest BCUT2D eigenvalue weighted by atomic mass is 10.2. The largest absolute Gasteiger partial charge is 0.491 e. The Labute approximate surface area is 127 Å². The van der Waals surface area contributed by atoms with Crippen molar-refractivity contribution in [2.24, 2.45) is 0 Å². The van der Waals surface area contributed by atoms with E-state index in [9.17, 15) is 8.42 Å². The van der Waals surface area contributed by atoms with Crippen molar-refractivity contribution in [3.63, 3.8) is 0 Å². The van der Waals surface area contributed by atoms with Crippen LogP contribution < -0.4 is 15.0 Å². The lowest BCUT2D eigenvalue weighted by Crippen LogP contribution is -2.28. The number of nitrogens with zero attached hydrogens (tertiary/aromatic N) is 1. The topological polar surface area (TPSA) is 58.6 Å². The molecule has 118 valence electrons. The molecule has 1 N–H and O–H groups in total. The summed E-state index contributed by atoms with van der Waals surface area (Å²) in [6.45, 7) is 4.42. The van der Waals surface area contributed by atoms with E-state index in [1.165, 1.54) is 6.26 Å². The van der Waals surface area contributed by atoms with Gasteiger partial charge in [0.15, 0.2) is 0 Å². The van der Waals surface area contributed by atoms with Crippen LogP contribution in [0.1, 0.15) is 12.8 Å². The fourth-order valence-electron chi connectivity index (χ4n) is 2.43. The van der Waals surface area contributed by atoms with Gasteiger partial charge in [-0.25, -0.2) is 8.42 Å². The molecule has 1 fully saturated rings. The van der Waals surface area contributed by atoms with Crippen LogP contribution in [0, 0.1) is 0 Å². The summed E-state index contributed by atoms with van der Waals surface area (Å²) in [5, 5.41) is 3.39. The van der Waals surface area contributed by atoms with Gasteiger partial charge in [0.1, 0.15) is 15.6 Å². The predicted molar refractivity (Wildman–Crippen MR) is 86.0 cm³/mol. The third-order valence-electron chi connectivity index (χ3n) is 3.46. The Bertz CT molecular complexity index is 538. The first-order chi connectivity index (χ1) is 10.1. The number of hydrogen-bond acceptors (Lipinski definition) is 5. The summed E-state index contributed by atoms with van der Waals surface area (Å²) in [7, 11) is -2.91. The Hall–Kier alpha value is -1.27. The summed E-state index contributed by atoms with van der Waals surface area (Å²) in [6, 6.07) is 7.98. The molecule has 0 saturated carbocycles. The molecular weight excluding hydrogens is 288 g/mol. The van der Waals surface area contributed by atoms with Gasteiger partial charge >= 0.3 is 0 Å². The number of sulfone groups is 1. The number of hydrogen-bond donors (Lipinski definition) is 1. The average Bonchev–Trinajstić information content (AvgIpc) is 2.72. The molecule has 1 aromatic carbocycles. The summed E-state index contributed by atoms with van der Waals surface area (Å²) in [5.41, 5.74) is 1.10. The molecule has 0 aromatic heterocycles. The molecule has 0 spiro atoms. The highest BCUT2D eigenvalue weighted by Crippen LogP contribution is 2.28. The van der Waals surface area contributed by atoms with Gasteiger partial charge < -0.3 is 15.0 Å². The standard InChI is InChI=1S/C15H24N2O3S/c1-21(18,19)13-5-12-20-15-7-3-2-6-14(15)17-10-4-8-16-9-11-17/h2-3,6-7,16H,4-5,8-13H2,1H3. The maximum Gasteiger partial charge on any atom is 0.147 e. The van der Waals surface area contributed by atoms with Crippen molar-refractivity contribution < 1.29 is 13.2 Å². The van der Waals surface area contributed by atoms with E-state index in [1.54, 1.807) is 0 Å². The first kappa shape index (κ1) is 16.1. The smallest absolute Gasteiger partial charge is 0.147 e. The summed E-state index contributed by atoms with van der Waals surface area (Å²) in [6.07, 6.45) is 2.89. The fraction of sp³-hybridized carbons (Fsp3) is 0.600.